The summed E-state index contributed by atoms with van der Waals surface area (Å²) in [6, 6.07) is 4.69. The van der Waals surface area contributed by atoms with Crippen molar-refractivity contribution in [2.24, 2.45) is 5.73 Å². The number of unbranched alkanes of at least 4 members (excludes halogenated alkanes) is 2. The van der Waals surface area contributed by atoms with E-state index in [1.807, 2.05) is 0 Å². The molecule has 0 aliphatic carbocycles. The molecule has 0 aliphatic heterocycles. The van der Waals surface area contributed by atoms with Crippen LogP contribution in [0.1, 0.15) is 90.0 Å². The van der Waals surface area contributed by atoms with E-state index in [1.54, 1.807) is 5.56 Å². The third-order valence-electron chi connectivity index (χ3n) is 4.19. The van der Waals surface area contributed by atoms with E-state index in [-0.39, 0.29) is 10.8 Å². The Morgan fingerprint density at radius 2 is 1.33 bits per heavy atom. The molecule has 0 unspecified atom stereocenters. The topological polar surface area (TPSA) is 26.0 Å². The normalized spacial score (nSPS) is 12.8. The van der Waals surface area contributed by atoms with Gasteiger partial charge in [-0.05, 0) is 45.9 Å². The highest BCUT2D eigenvalue weighted by molar-refractivity contribution is 5.46. The smallest absolute Gasteiger partial charge is 0.0178 e. The van der Waals surface area contributed by atoms with Crippen LogP contribution in [0.5, 0.6) is 0 Å². The molecular weight excluding hydrogens is 254 g/mol. The summed E-state index contributed by atoms with van der Waals surface area (Å²) in [6.45, 7) is 16.8. The highest BCUT2D eigenvalue weighted by Gasteiger charge is 2.25. The van der Waals surface area contributed by atoms with Gasteiger partial charge in [0.1, 0.15) is 0 Å². The number of nitrogens with two attached hydrogens (primary N) is 1. The van der Waals surface area contributed by atoms with E-state index >= 15 is 0 Å². The van der Waals surface area contributed by atoms with Crippen molar-refractivity contribution in [3.63, 3.8) is 0 Å². The van der Waals surface area contributed by atoms with Crippen molar-refractivity contribution in [1.82, 2.24) is 0 Å². The van der Waals surface area contributed by atoms with E-state index in [0.717, 1.165) is 0 Å². The molecule has 1 aromatic rings. The summed E-state index contributed by atoms with van der Waals surface area (Å²) in [5.41, 5.74) is 12.1. The van der Waals surface area contributed by atoms with Crippen LogP contribution in [0.25, 0.3) is 0 Å². The third-order valence-corrected chi connectivity index (χ3v) is 4.19. The average molecular weight is 290 g/mol. The molecule has 0 heterocycles. The van der Waals surface area contributed by atoms with E-state index in [0.29, 0.717) is 6.54 Å². The van der Waals surface area contributed by atoms with Crippen molar-refractivity contribution in [3.8, 4) is 0 Å². The van der Waals surface area contributed by atoms with Gasteiger partial charge in [-0.1, -0.05) is 73.4 Å². The molecule has 120 valence electrons. The maximum atomic E-state index is 5.95. The zero-order chi connectivity index (χ0) is 16.3. The molecule has 1 nitrogen and oxygen atoms in total. The summed E-state index contributed by atoms with van der Waals surface area (Å²) in [5, 5.41) is 0. The van der Waals surface area contributed by atoms with Gasteiger partial charge >= 0.3 is 0 Å². The first-order valence-corrected chi connectivity index (χ1v) is 8.48. The molecule has 0 aromatic heterocycles. The van der Waals surface area contributed by atoms with Gasteiger partial charge in [-0.15, -0.1) is 0 Å². The Morgan fingerprint density at radius 3 is 1.67 bits per heavy atom. The van der Waals surface area contributed by atoms with Crippen molar-refractivity contribution in [3.05, 3.63) is 34.4 Å². The summed E-state index contributed by atoms with van der Waals surface area (Å²) in [5.74, 6) is 0. The number of hydrogen-bond acceptors (Lipinski definition) is 1. The van der Waals surface area contributed by atoms with Crippen LogP contribution in [-0.2, 0) is 23.8 Å². The molecule has 0 amide bonds. The maximum Gasteiger partial charge on any atom is 0.0178 e. The molecule has 0 saturated carbocycles. The van der Waals surface area contributed by atoms with Crippen LogP contribution < -0.4 is 5.73 Å². The second-order valence-corrected chi connectivity index (χ2v) is 8.33. The van der Waals surface area contributed by atoms with Gasteiger partial charge in [0.05, 0.1) is 0 Å². The van der Waals surface area contributed by atoms with Gasteiger partial charge in [-0.3, -0.25) is 0 Å². The minimum Gasteiger partial charge on any atom is -0.326 e. The molecule has 0 fully saturated rings. The van der Waals surface area contributed by atoms with Gasteiger partial charge in [-0.25, -0.2) is 0 Å². The second kappa shape index (κ2) is 6.96. The quantitative estimate of drug-likeness (QED) is 0.714. The van der Waals surface area contributed by atoms with Crippen molar-refractivity contribution in [2.75, 3.05) is 0 Å². The van der Waals surface area contributed by atoms with Gasteiger partial charge in [0, 0.05) is 6.54 Å². The van der Waals surface area contributed by atoms with Crippen LogP contribution in [0.2, 0.25) is 0 Å². The third kappa shape index (κ3) is 4.85. The number of rotatable bonds is 5. The molecule has 0 spiro atoms. The van der Waals surface area contributed by atoms with Crippen molar-refractivity contribution < 1.29 is 0 Å². The predicted octanol–water partition coefficient (Wildman–Crippen LogP) is 5.47. The molecule has 1 aromatic carbocycles. The molecule has 21 heavy (non-hydrogen) atoms. The fourth-order valence-electron chi connectivity index (χ4n) is 3.01. The van der Waals surface area contributed by atoms with Crippen molar-refractivity contribution in [2.45, 2.75) is 91.5 Å². The van der Waals surface area contributed by atoms with Gasteiger partial charge in [0.15, 0.2) is 0 Å². The number of benzene rings is 1. The van der Waals surface area contributed by atoms with Crippen molar-refractivity contribution in [1.29, 1.82) is 0 Å². The lowest BCUT2D eigenvalue weighted by atomic mass is 9.74. The summed E-state index contributed by atoms with van der Waals surface area (Å²) >= 11 is 0. The summed E-state index contributed by atoms with van der Waals surface area (Å²) in [6.07, 6.45) is 5.06. The zero-order valence-corrected chi connectivity index (χ0v) is 15.3. The molecular formula is C20H35N. The van der Waals surface area contributed by atoms with Crippen LogP contribution in [0.15, 0.2) is 12.1 Å². The molecule has 1 heteroatoms. The van der Waals surface area contributed by atoms with Gasteiger partial charge in [-0.2, -0.15) is 0 Å². The highest BCUT2D eigenvalue weighted by atomic mass is 14.5. The van der Waals surface area contributed by atoms with Crippen LogP contribution >= 0.6 is 0 Å². The largest absolute Gasteiger partial charge is 0.326 e. The van der Waals surface area contributed by atoms with Crippen molar-refractivity contribution >= 4 is 0 Å². The Kier molecular flexibility index (Phi) is 6.04. The number of hydrogen-bond donors (Lipinski definition) is 1. The van der Waals surface area contributed by atoms with E-state index < -0.39 is 0 Å². The first kappa shape index (κ1) is 18.2. The van der Waals surface area contributed by atoms with Crippen LogP contribution in [0.4, 0.5) is 0 Å². The zero-order valence-electron chi connectivity index (χ0n) is 15.3. The summed E-state index contributed by atoms with van der Waals surface area (Å²) in [4.78, 5) is 0. The Bertz CT molecular complexity index is 423. The highest BCUT2D eigenvalue weighted by Crippen LogP contribution is 2.36. The Labute approximate surface area is 132 Å². The fourth-order valence-corrected chi connectivity index (χ4v) is 3.01. The Balaban J connectivity index is 3.44. The molecule has 0 saturated heterocycles. The molecule has 2 N–H and O–H groups in total. The lowest BCUT2D eigenvalue weighted by molar-refractivity contribution is 0.547. The molecule has 0 aliphatic rings. The monoisotopic (exact) mass is 289 g/mol. The average Bonchev–Trinajstić information content (AvgIpc) is 2.36. The van der Waals surface area contributed by atoms with Gasteiger partial charge < -0.3 is 5.73 Å². The van der Waals surface area contributed by atoms with Gasteiger partial charge in [0.25, 0.3) is 0 Å². The first-order valence-electron chi connectivity index (χ1n) is 8.48. The lowest BCUT2D eigenvalue weighted by Gasteiger charge is -2.31. The molecule has 1 rings (SSSR count). The van der Waals surface area contributed by atoms with Crippen LogP contribution in [-0.4, -0.2) is 0 Å². The standard InChI is InChI=1S/C20H35N/c1-8-9-10-11-16-17(19(2,3)4)12-15(14-21)13-18(16)20(5,6)7/h12-13H,8-11,14,21H2,1-7H3. The lowest BCUT2D eigenvalue weighted by Crippen LogP contribution is -2.22. The Hall–Kier alpha value is -0.820. The summed E-state index contributed by atoms with van der Waals surface area (Å²) < 4.78 is 0. The summed E-state index contributed by atoms with van der Waals surface area (Å²) in [7, 11) is 0. The minimum absolute atomic E-state index is 0.173. The maximum absolute atomic E-state index is 5.95. The second-order valence-electron chi connectivity index (χ2n) is 8.33. The van der Waals surface area contributed by atoms with E-state index in [9.17, 15) is 0 Å². The predicted molar refractivity (Wildman–Crippen MR) is 95.0 cm³/mol. The van der Waals surface area contributed by atoms with E-state index in [2.05, 4.69) is 60.6 Å². The molecule has 0 radical (unpaired) electrons. The Morgan fingerprint density at radius 1 is 0.857 bits per heavy atom. The SMILES string of the molecule is CCCCCc1c(C(C)(C)C)cc(CN)cc1C(C)(C)C. The first-order chi connectivity index (χ1) is 9.61. The van der Waals surface area contributed by atoms with Gasteiger partial charge in [0.2, 0.25) is 0 Å². The minimum atomic E-state index is 0.173. The van der Waals surface area contributed by atoms with E-state index in [4.69, 9.17) is 5.73 Å². The molecule has 0 atom stereocenters. The van der Waals surface area contributed by atoms with Crippen LogP contribution in [0.3, 0.4) is 0 Å². The van der Waals surface area contributed by atoms with Crippen LogP contribution in [0, 0.1) is 0 Å². The van der Waals surface area contributed by atoms with E-state index in [1.165, 1.54) is 42.4 Å². The molecule has 0 bridgehead atoms. The fraction of sp³-hybridized carbons (Fsp3) is 0.700.